The summed E-state index contributed by atoms with van der Waals surface area (Å²) in [6.07, 6.45) is 0. The van der Waals surface area contributed by atoms with Crippen LogP contribution in [0.3, 0.4) is 0 Å². The lowest BCUT2D eigenvalue weighted by Crippen LogP contribution is -2.43. The summed E-state index contributed by atoms with van der Waals surface area (Å²) in [4.78, 5) is 47.1. The molecule has 2 N–H and O–H groups in total. The van der Waals surface area contributed by atoms with E-state index in [2.05, 4.69) is 15.7 Å². The number of nitrogens with one attached hydrogen (secondary N) is 2. The first-order chi connectivity index (χ1) is 11.8. The highest BCUT2D eigenvalue weighted by atomic mass is 16.4. The highest BCUT2D eigenvalue weighted by molar-refractivity contribution is 6.00. The molecule has 9 heteroatoms. The number of amides is 3. The fraction of sp³-hybridized carbons (Fsp3) is 0.312. The van der Waals surface area contributed by atoms with E-state index in [4.69, 9.17) is 0 Å². The molecule has 25 heavy (non-hydrogen) atoms. The number of aromatic nitrogens is 2. The molecule has 9 nitrogen and oxygen atoms in total. The number of aromatic carboxylic acids is 1. The van der Waals surface area contributed by atoms with Crippen molar-refractivity contribution < 1.29 is 19.5 Å². The van der Waals surface area contributed by atoms with Gasteiger partial charge in [0.1, 0.15) is 12.2 Å². The predicted molar refractivity (Wildman–Crippen MR) is 86.7 cm³/mol. The monoisotopic (exact) mass is 345 g/mol. The molecule has 1 aromatic heterocycles. The largest absolute Gasteiger partial charge is 0.543 e. The third kappa shape index (κ3) is 4.40. The van der Waals surface area contributed by atoms with Crippen molar-refractivity contribution in [1.82, 2.24) is 20.4 Å². The van der Waals surface area contributed by atoms with Gasteiger partial charge in [0.05, 0.1) is 11.4 Å². The van der Waals surface area contributed by atoms with Crippen LogP contribution in [-0.2, 0) is 11.3 Å². The zero-order chi connectivity index (χ0) is 18.6. The highest BCUT2D eigenvalue weighted by Gasteiger charge is 2.15. The molecule has 0 saturated carbocycles. The average Bonchev–Trinajstić information content (AvgIpc) is 2.55. The lowest BCUT2D eigenvalue weighted by molar-refractivity contribution is -0.255. The smallest absolute Gasteiger partial charge is 0.321 e. The number of hydrogen-bond donors (Lipinski definition) is 2. The maximum atomic E-state index is 12.3. The van der Waals surface area contributed by atoms with Crippen LogP contribution in [0.1, 0.15) is 24.3 Å². The van der Waals surface area contributed by atoms with Crippen LogP contribution in [0.5, 0.6) is 0 Å². The zero-order valence-electron chi connectivity index (χ0n) is 13.7. The standard InChI is InChI=1S/C16H18N4O5/c1-9(2)7-17-16(25)18-12(21)8-20-14(22)11-6-4-3-5-10(11)13(19-20)15(23)24/h3-6,9H,7-8H2,1-2H3,(H,23,24)(H2,17,18,21,25)/p-1. The Hall–Kier alpha value is -3.23. The minimum atomic E-state index is -1.57. The summed E-state index contributed by atoms with van der Waals surface area (Å²) in [6.45, 7) is 3.56. The van der Waals surface area contributed by atoms with Crippen LogP contribution in [0.25, 0.3) is 10.8 Å². The van der Waals surface area contributed by atoms with E-state index in [9.17, 15) is 24.3 Å². The summed E-state index contributed by atoms with van der Waals surface area (Å²) < 4.78 is 0.693. The van der Waals surface area contributed by atoms with Crippen molar-refractivity contribution in [2.75, 3.05) is 6.54 Å². The Morgan fingerprint density at radius 1 is 1.20 bits per heavy atom. The molecule has 0 radical (unpaired) electrons. The molecule has 2 aromatic rings. The van der Waals surface area contributed by atoms with Crippen LogP contribution in [-0.4, -0.2) is 34.2 Å². The van der Waals surface area contributed by atoms with Gasteiger partial charge < -0.3 is 15.2 Å². The molecule has 0 spiro atoms. The van der Waals surface area contributed by atoms with Crippen molar-refractivity contribution in [2.24, 2.45) is 5.92 Å². The fourth-order valence-corrected chi connectivity index (χ4v) is 2.14. The number of carboxylic acids is 1. The van der Waals surface area contributed by atoms with Gasteiger partial charge in [0, 0.05) is 11.9 Å². The molecular formula is C16H17N4O5-. The summed E-state index contributed by atoms with van der Waals surface area (Å²) in [5.74, 6) is -2.16. The minimum Gasteiger partial charge on any atom is -0.543 e. The summed E-state index contributed by atoms with van der Waals surface area (Å²) in [5.41, 5.74) is -1.09. The minimum absolute atomic E-state index is 0.0914. The quantitative estimate of drug-likeness (QED) is 0.732. The van der Waals surface area contributed by atoms with Gasteiger partial charge in [-0.3, -0.25) is 14.9 Å². The van der Waals surface area contributed by atoms with Gasteiger partial charge >= 0.3 is 6.03 Å². The fourth-order valence-electron chi connectivity index (χ4n) is 2.14. The number of urea groups is 1. The number of benzene rings is 1. The Labute approximate surface area is 142 Å². The summed E-state index contributed by atoms with van der Waals surface area (Å²) in [6, 6.07) is 5.28. The predicted octanol–water partition coefficient (Wildman–Crippen LogP) is -0.758. The molecule has 0 aliphatic carbocycles. The summed E-state index contributed by atoms with van der Waals surface area (Å²) in [5, 5.41) is 19.7. The number of hydrogen-bond acceptors (Lipinski definition) is 6. The average molecular weight is 345 g/mol. The molecule has 2 rings (SSSR count). The van der Waals surface area contributed by atoms with Crippen LogP contribution in [0.4, 0.5) is 4.79 Å². The van der Waals surface area contributed by atoms with Crippen LogP contribution in [0.2, 0.25) is 0 Å². The maximum Gasteiger partial charge on any atom is 0.321 e. The van der Waals surface area contributed by atoms with E-state index >= 15 is 0 Å². The molecule has 1 aromatic carbocycles. The topological polar surface area (TPSA) is 133 Å². The number of rotatable bonds is 5. The SMILES string of the molecule is CC(C)CNC(=O)NC(=O)Cn1nc(C(=O)[O-])c2ccccc2c1=O. The Kier molecular flexibility index (Phi) is 5.48. The molecule has 0 fully saturated rings. The molecule has 0 unspecified atom stereocenters. The lowest BCUT2D eigenvalue weighted by Gasteiger charge is -2.12. The van der Waals surface area contributed by atoms with Crippen molar-refractivity contribution in [3.8, 4) is 0 Å². The number of carbonyl (C=O) groups excluding carboxylic acids is 3. The van der Waals surface area contributed by atoms with E-state index in [1.165, 1.54) is 12.1 Å². The molecule has 0 saturated heterocycles. The first-order valence-corrected chi connectivity index (χ1v) is 7.58. The van der Waals surface area contributed by atoms with E-state index < -0.39 is 35.7 Å². The molecule has 3 amide bonds. The molecule has 0 aliphatic rings. The number of carbonyl (C=O) groups is 3. The number of imide groups is 1. The second-order valence-electron chi connectivity index (χ2n) is 5.80. The second-order valence-corrected chi connectivity index (χ2v) is 5.80. The van der Waals surface area contributed by atoms with E-state index in [0.717, 1.165) is 0 Å². The maximum absolute atomic E-state index is 12.3. The molecule has 0 bridgehead atoms. The van der Waals surface area contributed by atoms with Crippen LogP contribution in [0.15, 0.2) is 29.1 Å². The van der Waals surface area contributed by atoms with Crippen LogP contribution in [0, 0.1) is 5.92 Å². The lowest BCUT2D eigenvalue weighted by atomic mass is 10.1. The normalized spacial score (nSPS) is 10.7. The van der Waals surface area contributed by atoms with E-state index in [-0.39, 0.29) is 16.7 Å². The highest BCUT2D eigenvalue weighted by Crippen LogP contribution is 2.12. The van der Waals surface area contributed by atoms with Crippen molar-refractivity contribution in [3.63, 3.8) is 0 Å². The Morgan fingerprint density at radius 2 is 1.84 bits per heavy atom. The number of carboxylic acid groups (broad SMARTS) is 1. The third-order valence-corrected chi connectivity index (χ3v) is 3.28. The van der Waals surface area contributed by atoms with Gasteiger partial charge in [-0.1, -0.05) is 32.0 Å². The van der Waals surface area contributed by atoms with Gasteiger partial charge in [0.2, 0.25) is 5.91 Å². The third-order valence-electron chi connectivity index (χ3n) is 3.28. The molecular weight excluding hydrogens is 328 g/mol. The second kappa shape index (κ2) is 7.56. The first-order valence-electron chi connectivity index (χ1n) is 7.58. The zero-order valence-corrected chi connectivity index (χ0v) is 13.7. The van der Waals surface area contributed by atoms with E-state index in [1.807, 2.05) is 13.8 Å². The Bertz CT molecular complexity index is 888. The van der Waals surface area contributed by atoms with Crippen LogP contribution < -0.4 is 21.3 Å². The van der Waals surface area contributed by atoms with Crippen molar-refractivity contribution in [2.45, 2.75) is 20.4 Å². The van der Waals surface area contributed by atoms with Gasteiger partial charge in [0.15, 0.2) is 0 Å². The van der Waals surface area contributed by atoms with Crippen molar-refractivity contribution in [3.05, 3.63) is 40.3 Å². The van der Waals surface area contributed by atoms with Gasteiger partial charge in [0.25, 0.3) is 5.56 Å². The summed E-state index contributed by atoms with van der Waals surface area (Å²) >= 11 is 0. The van der Waals surface area contributed by atoms with Gasteiger partial charge in [-0.15, -0.1) is 0 Å². The molecule has 1 heterocycles. The Morgan fingerprint density at radius 3 is 2.44 bits per heavy atom. The van der Waals surface area contributed by atoms with Gasteiger partial charge in [-0.05, 0) is 12.0 Å². The van der Waals surface area contributed by atoms with E-state index in [0.29, 0.717) is 11.2 Å². The first kappa shape index (κ1) is 18.1. The van der Waals surface area contributed by atoms with Crippen molar-refractivity contribution >= 4 is 28.7 Å². The molecule has 0 aliphatic heterocycles. The Balaban J connectivity index is 2.25. The molecule has 0 atom stereocenters. The van der Waals surface area contributed by atoms with E-state index in [1.54, 1.807) is 12.1 Å². The van der Waals surface area contributed by atoms with Gasteiger partial charge in [-0.25, -0.2) is 9.48 Å². The number of fused-ring (bicyclic) bond motifs is 1. The number of nitrogens with zero attached hydrogens (tertiary/aromatic N) is 2. The van der Waals surface area contributed by atoms with Gasteiger partial charge in [-0.2, -0.15) is 5.10 Å². The van der Waals surface area contributed by atoms with Crippen molar-refractivity contribution in [1.29, 1.82) is 0 Å². The summed E-state index contributed by atoms with van der Waals surface area (Å²) in [7, 11) is 0. The van der Waals surface area contributed by atoms with Crippen LogP contribution >= 0.6 is 0 Å². The molecule has 132 valence electrons.